The molecule has 0 radical (unpaired) electrons. The van der Waals surface area contributed by atoms with Crippen molar-refractivity contribution in [3.8, 4) is 11.5 Å². The Hall–Kier alpha value is -9.09. The summed E-state index contributed by atoms with van der Waals surface area (Å²) in [6, 6.07) is 13.0. The van der Waals surface area contributed by atoms with Gasteiger partial charge in [0, 0.05) is 63.2 Å². The monoisotopic (exact) mass is 1310 g/mol. The Balaban J connectivity index is 1.08. The molecule has 27 heteroatoms. The number of methoxy groups -OCH3 is 2. The van der Waals surface area contributed by atoms with Gasteiger partial charge in [0.05, 0.1) is 143 Å². The second kappa shape index (κ2) is 36.5. The summed E-state index contributed by atoms with van der Waals surface area (Å²) in [6.45, 7) is 12.8. The molecule has 95 heavy (non-hydrogen) atoms. The summed E-state index contributed by atoms with van der Waals surface area (Å²) in [6.07, 6.45) is 7.72. The Morgan fingerprint density at radius 3 is 1.84 bits per heavy atom. The number of aromatic nitrogens is 9. The topological polar surface area (TPSA) is 361 Å². The average molecular weight is 1310 g/mol. The van der Waals surface area contributed by atoms with Crippen LogP contribution in [-0.2, 0) is 55.7 Å². The summed E-state index contributed by atoms with van der Waals surface area (Å²) in [5.74, 6) is -1.60. The normalized spacial score (nSPS) is 12.5. The van der Waals surface area contributed by atoms with Crippen molar-refractivity contribution in [1.82, 2.24) is 50.2 Å². The van der Waals surface area contributed by atoms with E-state index >= 15 is 0 Å². The van der Waals surface area contributed by atoms with Gasteiger partial charge in [0.25, 0.3) is 5.91 Å². The minimum Gasteiger partial charge on any atom is -0.487 e. The van der Waals surface area contributed by atoms with Crippen LogP contribution in [0.5, 0.6) is 11.5 Å². The smallest absolute Gasteiger partial charge is 0.328 e. The van der Waals surface area contributed by atoms with Crippen molar-refractivity contribution < 1.29 is 67.2 Å². The van der Waals surface area contributed by atoms with Crippen LogP contribution in [0.1, 0.15) is 116 Å². The average Bonchev–Trinajstić information content (AvgIpc) is 1.72. The van der Waals surface area contributed by atoms with E-state index in [1.165, 1.54) is 0 Å². The minimum atomic E-state index is -1.26. The summed E-state index contributed by atoms with van der Waals surface area (Å²) in [5.41, 5.74) is 25.1. The largest absolute Gasteiger partial charge is 0.487 e. The van der Waals surface area contributed by atoms with E-state index in [2.05, 4.69) is 44.1 Å². The molecule has 2 aromatic carbocycles. The fraction of sp³-hybridized carbons (Fsp3) is 0.456. The molecular formula is C68H87N13O14. The molecule has 8 rings (SSSR count). The summed E-state index contributed by atoms with van der Waals surface area (Å²) in [7, 11) is 5.08. The molecule has 0 saturated heterocycles. The van der Waals surface area contributed by atoms with Crippen molar-refractivity contribution in [1.29, 1.82) is 0 Å². The SMILES string of the molecule is CCC1=C(CC)c2cc3[nH]c(cnc4cc(OCCOCCOCCOC)c(OCCOCCOCCOC)cc4ncc4nc(cc1n2)C(CCCO)=C4C)c(C)c3CCCOC(=O)[C@H](CCC(=O)O)NC(=O)c1ccc(N(C)Cc2cnc3nc(N)nc(N)c3n2)cc1. The molecule has 2 aliphatic rings. The number of carboxylic acids is 1. The molecule has 0 saturated carbocycles. The first-order valence-corrected chi connectivity index (χ1v) is 31.8. The van der Waals surface area contributed by atoms with Crippen LogP contribution in [-0.4, -0.2) is 193 Å². The van der Waals surface area contributed by atoms with Gasteiger partial charge < -0.3 is 79.5 Å². The molecule has 6 aromatic rings. The number of nitrogens with two attached hydrogens (primary N) is 2. The Labute approximate surface area is 551 Å². The fourth-order valence-electron chi connectivity index (χ4n) is 10.7. The number of aliphatic hydroxyl groups is 1. The van der Waals surface area contributed by atoms with Crippen LogP contribution < -0.4 is 31.2 Å². The second-order valence-electron chi connectivity index (χ2n) is 22.3. The number of rotatable bonds is 38. The van der Waals surface area contributed by atoms with Gasteiger partial charge in [0.15, 0.2) is 28.5 Å². The maximum Gasteiger partial charge on any atom is 0.328 e. The van der Waals surface area contributed by atoms with Crippen molar-refractivity contribution in [2.75, 3.05) is 130 Å². The van der Waals surface area contributed by atoms with Gasteiger partial charge >= 0.3 is 11.9 Å². The van der Waals surface area contributed by atoms with Gasteiger partial charge in [0.1, 0.15) is 19.3 Å². The number of aliphatic hydroxyl groups excluding tert-OH is 1. The lowest BCUT2D eigenvalue weighted by Gasteiger charge is -2.20. The highest BCUT2D eigenvalue weighted by Gasteiger charge is 2.26. The van der Waals surface area contributed by atoms with E-state index in [1.807, 2.05) is 37.9 Å². The number of carbonyl (C=O) groups is 3. The molecule has 6 bridgehead atoms. The molecule has 1 atom stereocenters. The number of aliphatic carboxylic acids is 1. The third kappa shape index (κ3) is 20.2. The van der Waals surface area contributed by atoms with Gasteiger partial charge in [-0.3, -0.25) is 19.6 Å². The van der Waals surface area contributed by atoms with Crippen LogP contribution in [0.3, 0.4) is 0 Å². The van der Waals surface area contributed by atoms with Gasteiger partial charge in [-0.05, 0) is 129 Å². The van der Waals surface area contributed by atoms with Crippen molar-refractivity contribution in [2.24, 2.45) is 0 Å². The van der Waals surface area contributed by atoms with E-state index in [9.17, 15) is 24.6 Å². The Bertz CT molecular complexity index is 3880. The molecule has 508 valence electrons. The first-order valence-electron chi connectivity index (χ1n) is 31.8. The van der Waals surface area contributed by atoms with Crippen molar-refractivity contribution in [3.05, 3.63) is 112 Å². The number of esters is 1. The quantitative estimate of drug-likeness (QED) is 0.0158. The molecule has 8 N–H and O–H groups in total. The zero-order chi connectivity index (χ0) is 67.6. The molecule has 0 aliphatic carbocycles. The molecule has 6 heterocycles. The highest BCUT2D eigenvalue weighted by molar-refractivity contribution is 5.98. The fourth-order valence-corrected chi connectivity index (χ4v) is 10.7. The van der Waals surface area contributed by atoms with Gasteiger partial charge in [-0.1, -0.05) is 13.8 Å². The Kier molecular flexibility index (Phi) is 27.6. The number of hydrogen-bond acceptors (Lipinski definition) is 24. The van der Waals surface area contributed by atoms with Crippen LogP contribution in [0.15, 0.2) is 67.1 Å². The molecular weight excluding hydrogens is 1220 g/mol. The van der Waals surface area contributed by atoms with Gasteiger partial charge in [-0.2, -0.15) is 9.97 Å². The molecule has 4 aromatic heterocycles. The van der Waals surface area contributed by atoms with Crippen molar-refractivity contribution >= 4 is 90.8 Å². The number of nitrogens with zero attached hydrogens (tertiary/aromatic N) is 9. The zero-order valence-corrected chi connectivity index (χ0v) is 55.2. The van der Waals surface area contributed by atoms with Crippen LogP contribution in [0.25, 0.3) is 55.5 Å². The number of H-pyrrole nitrogens is 1. The summed E-state index contributed by atoms with van der Waals surface area (Å²) >= 11 is 0. The zero-order valence-electron chi connectivity index (χ0n) is 55.2. The summed E-state index contributed by atoms with van der Waals surface area (Å²) in [4.78, 5) is 82.6. The van der Waals surface area contributed by atoms with E-state index in [0.717, 1.165) is 61.7 Å². The predicted octanol–water partition coefficient (Wildman–Crippen LogP) is 7.87. The number of nitrogen functional groups attached to an aromatic ring is 2. The number of amides is 1. The number of aryl methyl sites for hydroxylation is 2. The van der Waals surface area contributed by atoms with Crippen LogP contribution in [0, 0.1) is 6.92 Å². The van der Waals surface area contributed by atoms with Crippen molar-refractivity contribution in [2.45, 2.75) is 91.6 Å². The third-order valence-electron chi connectivity index (χ3n) is 15.7. The maximum absolute atomic E-state index is 13.9. The number of ether oxygens (including phenoxy) is 9. The molecule has 27 nitrogen and oxygen atoms in total. The third-order valence-corrected chi connectivity index (χ3v) is 15.7. The lowest BCUT2D eigenvalue weighted by molar-refractivity contribution is -0.146. The second-order valence-corrected chi connectivity index (χ2v) is 22.3. The first kappa shape index (κ1) is 71.8. The van der Waals surface area contributed by atoms with Crippen molar-refractivity contribution in [3.63, 3.8) is 0 Å². The number of hydrogen-bond donors (Lipinski definition) is 6. The molecule has 0 spiro atoms. The molecule has 0 fully saturated rings. The van der Waals surface area contributed by atoms with E-state index in [4.69, 9.17) is 74.0 Å². The van der Waals surface area contributed by atoms with Gasteiger partial charge in [0.2, 0.25) is 5.95 Å². The number of aromatic amines is 1. The number of carbonyl (C=O) groups excluding carboxylic acids is 2. The van der Waals surface area contributed by atoms with E-state index < -0.39 is 30.3 Å². The summed E-state index contributed by atoms with van der Waals surface area (Å²) in [5, 5.41) is 22.4. The van der Waals surface area contributed by atoms with Gasteiger partial charge in [-0.15, -0.1) is 0 Å². The summed E-state index contributed by atoms with van der Waals surface area (Å²) < 4.78 is 51.5. The van der Waals surface area contributed by atoms with Crippen LogP contribution in [0.2, 0.25) is 0 Å². The van der Waals surface area contributed by atoms with Crippen LogP contribution >= 0.6 is 0 Å². The van der Waals surface area contributed by atoms with E-state index in [0.29, 0.717) is 143 Å². The first-order chi connectivity index (χ1) is 46.1. The van der Waals surface area contributed by atoms with Gasteiger partial charge in [-0.25, -0.2) is 24.7 Å². The number of fused-ring (bicyclic) bond motifs is 8. The molecule has 1 amide bonds. The number of nitrogens with one attached hydrogen (secondary N) is 2. The van der Waals surface area contributed by atoms with Crippen LogP contribution in [0.4, 0.5) is 17.5 Å². The Morgan fingerprint density at radius 2 is 1.23 bits per heavy atom. The van der Waals surface area contributed by atoms with E-state index in [-0.39, 0.29) is 69.0 Å². The Morgan fingerprint density at radius 1 is 0.642 bits per heavy atom. The lowest BCUT2D eigenvalue weighted by atomic mass is 9.98. The maximum atomic E-state index is 13.9. The minimum absolute atomic E-state index is 0.00477. The number of benzene rings is 2. The number of carboxylic acid groups (broad SMARTS) is 1. The molecule has 2 aliphatic heterocycles. The predicted molar refractivity (Wildman–Crippen MR) is 360 cm³/mol. The standard InChI is InChI=1S/C68H87N13O14/c1-8-47-48(9-2)53-35-55-50(13-11-21-95-67(86)51(18-19-62(83)84)78-66(85)44-14-16-46(17-15-44)81(5)41-45-38-73-65-63(74-45)64(69)79-68(70)80-65)43(4)59(77-55)40-72-57-37-61(94-33-31-92-29-27-90-25-23-88-7)60(93-32-30-91-28-26-89-24-22-87-6)36-56(57)71-39-58-42(3)49(12-10-20-82)54(76-58)34-52(47)75-53/h14-17,34-40,51,77,82H,8-13,18-33,41H2,1-7H3,(H,78,85)(H,83,84)(H4,69,70,73,79,80)/t51-/m0/s1. The highest BCUT2D eigenvalue weighted by atomic mass is 16.6. The highest BCUT2D eigenvalue weighted by Crippen LogP contribution is 2.39. The molecule has 0 unspecified atom stereocenters. The van der Waals surface area contributed by atoms with E-state index in [1.54, 1.807) is 69.2 Å². The lowest BCUT2D eigenvalue weighted by Crippen LogP contribution is -2.42. The number of anilines is 3. The number of allylic oxidation sites excluding steroid dienone is 4.